The van der Waals surface area contributed by atoms with Crippen molar-refractivity contribution in [3.63, 3.8) is 0 Å². The van der Waals surface area contributed by atoms with Crippen LogP contribution in [0.15, 0.2) is 48.5 Å². The number of anilines is 3. The van der Waals surface area contributed by atoms with E-state index in [1.807, 2.05) is 6.07 Å². The molecule has 8 nitrogen and oxygen atoms in total. The van der Waals surface area contributed by atoms with E-state index in [9.17, 15) is 18.5 Å². The van der Waals surface area contributed by atoms with Gasteiger partial charge in [-0.1, -0.05) is 18.2 Å². The zero-order valence-corrected chi connectivity index (χ0v) is 18.9. The van der Waals surface area contributed by atoms with E-state index in [4.69, 9.17) is 4.74 Å². The SMILES string of the molecule is CN(CCCN1c2cc(C#N)ccc2N(c2ccccc2)S1(=O)=O)C(=O)OC(C)(C)C. The van der Waals surface area contributed by atoms with Gasteiger partial charge in [0.15, 0.2) is 0 Å². The molecule has 0 atom stereocenters. The molecule has 31 heavy (non-hydrogen) atoms. The average molecular weight is 443 g/mol. The Labute approximate surface area is 183 Å². The molecule has 9 heteroatoms. The molecule has 2 aromatic carbocycles. The summed E-state index contributed by atoms with van der Waals surface area (Å²) < 4.78 is 34.7. The molecule has 1 aliphatic rings. The first-order chi connectivity index (χ1) is 14.5. The minimum Gasteiger partial charge on any atom is -0.444 e. The highest BCUT2D eigenvalue weighted by Crippen LogP contribution is 2.45. The zero-order valence-electron chi connectivity index (χ0n) is 18.1. The lowest BCUT2D eigenvalue weighted by atomic mass is 10.1. The molecule has 1 amide bonds. The van der Waals surface area contributed by atoms with Crippen LogP contribution in [0.25, 0.3) is 0 Å². The molecule has 0 aliphatic carbocycles. The maximum atomic E-state index is 13.4. The van der Waals surface area contributed by atoms with E-state index in [0.717, 1.165) is 0 Å². The Balaban J connectivity index is 1.84. The van der Waals surface area contributed by atoms with Crippen LogP contribution in [0.5, 0.6) is 0 Å². The Hall–Kier alpha value is -3.25. The summed E-state index contributed by atoms with van der Waals surface area (Å²) in [5.74, 6) is 0. The lowest BCUT2D eigenvalue weighted by Crippen LogP contribution is -2.38. The van der Waals surface area contributed by atoms with Crippen LogP contribution < -0.4 is 8.61 Å². The third-order valence-electron chi connectivity index (χ3n) is 4.65. The van der Waals surface area contributed by atoms with Crippen LogP contribution in [0.3, 0.4) is 0 Å². The zero-order chi connectivity index (χ0) is 22.8. The number of carbonyl (C=O) groups is 1. The summed E-state index contributed by atoms with van der Waals surface area (Å²) in [4.78, 5) is 13.6. The van der Waals surface area contributed by atoms with Gasteiger partial charge in [0.05, 0.1) is 28.7 Å². The second kappa shape index (κ2) is 8.47. The van der Waals surface area contributed by atoms with Gasteiger partial charge in [-0.3, -0.25) is 4.31 Å². The number of hydrogen-bond donors (Lipinski definition) is 0. The highest BCUT2D eigenvalue weighted by Gasteiger charge is 2.41. The predicted octanol–water partition coefficient (Wildman–Crippen LogP) is 4.02. The minimum absolute atomic E-state index is 0.153. The molecule has 0 aromatic heterocycles. The van der Waals surface area contributed by atoms with Gasteiger partial charge in [0, 0.05) is 20.1 Å². The minimum atomic E-state index is -3.89. The standard InChI is InChI=1S/C22H26N4O4S/c1-22(2,3)30-21(27)24(4)13-8-14-25-20-15-17(16-23)11-12-19(20)26(31(25,28)29)18-9-6-5-7-10-18/h5-7,9-12,15H,8,13-14H2,1-4H3. The van der Waals surface area contributed by atoms with Crippen molar-refractivity contribution in [1.29, 1.82) is 5.26 Å². The first kappa shape index (κ1) is 22.4. The van der Waals surface area contributed by atoms with Gasteiger partial charge in [-0.15, -0.1) is 0 Å². The maximum absolute atomic E-state index is 13.4. The third-order valence-corrected chi connectivity index (χ3v) is 6.46. The number of fused-ring (bicyclic) bond motifs is 1. The fourth-order valence-electron chi connectivity index (χ4n) is 3.27. The Kier molecular flexibility index (Phi) is 6.13. The molecule has 3 rings (SSSR count). The van der Waals surface area contributed by atoms with Crippen molar-refractivity contribution < 1.29 is 17.9 Å². The lowest BCUT2D eigenvalue weighted by Gasteiger charge is -2.25. The van der Waals surface area contributed by atoms with Crippen molar-refractivity contribution in [2.45, 2.75) is 32.8 Å². The van der Waals surface area contributed by atoms with Crippen LogP contribution in [-0.4, -0.2) is 45.1 Å². The van der Waals surface area contributed by atoms with E-state index >= 15 is 0 Å². The molecule has 164 valence electrons. The fraction of sp³-hybridized carbons (Fsp3) is 0.364. The van der Waals surface area contributed by atoms with Crippen LogP contribution in [0.4, 0.5) is 21.9 Å². The van der Waals surface area contributed by atoms with Crippen LogP contribution in [-0.2, 0) is 14.9 Å². The average Bonchev–Trinajstić information content (AvgIpc) is 2.92. The molecule has 2 aromatic rings. The molecular formula is C22H26N4O4S. The lowest BCUT2D eigenvalue weighted by molar-refractivity contribution is 0.0298. The monoisotopic (exact) mass is 442 g/mol. The number of carbonyl (C=O) groups excluding carboxylic acids is 1. The molecule has 0 bridgehead atoms. The van der Waals surface area contributed by atoms with Gasteiger partial charge in [0.25, 0.3) is 0 Å². The van der Waals surface area contributed by atoms with Gasteiger partial charge in [-0.2, -0.15) is 13.7 Å². The van der Waals surface area contributed by atoms with Gasteiger partial charge in [0.1, 0.15) is 5.60 Å². The van der Waals surface area contributed by atoms with Gasteiger partial charge >= 0.3 is 16.3 Å². The second-order valence-electron chi connectivity index (χ2n) is 8.25. The first-order valence-electron chi connectivity index (χ1n) is 9.91. The summed E-state index contributed by atoms with van der Waals surface area (Å²) in [6.07, 6.45) is -0.0664. The number of nitriles is 1. The quantitative estimate of drug-likeness (QED) is 0.697. The molecule has 0 spiro atoms. The Bertz CT molecular complexity index is 1100. The van der Waals surface area contributed by atoms with Gasteiger partial charge in [-0.25, -0.2) is 9.10 Å². The number of nitrogens with zero attached hydrogens (tertiary/aromatic N) is 4. The topological polar surface area (TPSA) is 94.0 Å². The van der Waals surface area contributed by atoms with Crippen LogP contribution >= 0.6 is 0 Å². The van der Waals surface area contributed by atoms with Gasteiger partial charge in [-0.05, 0) is 57.5 Å². The number of amides is 1. The number of hydrogen-bond acceptors (Lipinski definition) is 5. The van der Waals surface area contributed by atoms with Gasteiger partial charge in [0.2, 0.25) is 0 Å². The summed E-state index contributed by atoms with van der Waals surface area (Å²) in [7, 11) is -2.27. The highest BCUT2D eigenvalue weighted by atomic mass is 32.2. The summed E-state index contributed by atoms with van der Waals surface area (Å²) in [6.45, 7) is 5.84. The van der Waals surface area contributed by atoms with E-state index in [1.54, 1.807) is 70.3 Å². The fourth-order valence-corrected chi connectivity index (χ4v) is 5.01. The molecule has 0 unspecified atom stereocenters. The van der Waals surface area contributed by atoms with E-state index in [2.05, 4.69) is 6.07 Å². The smallest absolute Gasteiger partial charge is 0.410 e. The highest BCUT2D eigenvalue weighted by molar-refractivity contribution is 7.95. The Morgan fingerprint density at radius 1 is 1.13 bits per heavy atom. The number of rotatable bonds is 5. The van der Waals surface area contributed by atoms with E-state index in [0.29, 0.717) is 35.6 Å². The third kappa shape index (κ3) is 4.75. The first-order valence-corrected chi connectivity index (χ1v) is 11.3. The summed E-state index contributed by atoms with van der Waals surface area (Å²) in [6, 6.07) is 15.7. The Morgan fingerprint density at radius 2 is 1.81 bits per heavy atom. The molecule has 1 aliphatic heterocycles. The van der Waals surface area contributed by atoms with E-state index in [1.165, 1.54) is 13.5 Å². The number of ether oxygens (including phenoxy) is 1. The maximum Gasteiger partial charge on any atom is 0.410 e. The van der Waals surface area contributed by atoms with Crippen LogP contribution in [0, 0.1) is 11.3 Å². The summed E-state index contributed by atoms with van der Waals surface area (Å²) in [5, 5.41) is 9.28. The van der Waals surface area contributed by atoms with Crippen LogP contribution in [0.1, 0.15) is 32.8 Å². The second-order valence-corrected chi connectivity index (χ2v) is 9.95. The largest absolute Gasteiger partial charge is 0.444 e. The molecular weight excluding hydrogens is 416 g/mol. The van der Waals surface area contributed by atoms with Crippen molar-refractivity contribution in [2.24, 2.45) is 0 Å². The summed E-state index contributed by atoms with van der Waals surface area (Å²) in [5.41, 5.74) is 1.22. The van der Waals surface area contributed by atoms with Crippen molar-refractivity contribution in [1.82, 2.24) is 4.90 Å². The van der Waals surface area contributed by atoms with Crippen molar-refractivity contribution in [3.05, 3.63) is 54.1 Å². The molecule has 0 saturated heterocycles. The molecule has 1 heterocycles. The van der Waals surface area contributed by atoms with Crippen LogP contribution in [0.2, 0.25) is 0 Å². The molecule has 0 radical (unpaired) electrons. The predicted molar refractivity (Wildman–Crippen MR) is 119 cm³/mol. The van der Waals surface area contributed by atoms with Crippen molar-refractivity contribution in [3.8, 4) is 6.07 Å². The molecule has 0 N–H and O–H groups in total. The van der Waals surface area contributed by atoms with Gasteiger partial charge < -0.3 is 9.64 Å². The number of para-hydroxylation sites is 1. The summed E-state index contributed by atoms with van der Waals surface area (Å²) >= 11 is 0. The Morgan fingerprint density at radius 3 is 2.42 bits per heavy atom. The van der Waals surface area contributed by atoms with E-state index in [-0.39, 0.29) is 6.54 Å². The van der Waals surface area contributed by atoms with Crippen molar-refractivity contribution in [2.75, 3.05) is 28.7 Å². The van der Waals surface area contributed by atoms with E-state index < -0.39 is 21.9 Å². The number of benzene rings is 2. The molecule has 0 fully saturated rings. The van der Waals surface area contributed by atoms with Crippen molar-refractivity contribution >= 4 is 33.4 Å². The normalized spacial score (nSPS) is 14.7. The molecule has 0 saturated carbocycles.